The van der Waals surface area contributed by atoms with Gasteiger partial charge in [-0.05, 0) is 54.1 Å². The van der Waals surface area contributed by atoms with Gasteiger partial charge in [-0.3, -0.25) is 4.79 Å². The summed E-state index contributed by atoms with van der Waals surface area (Å²) in [6.07, 6.45) is 0. The van der Waals surface area contributed by atoms with Crippen molar-refractivity contribution >= 4 is 44.8 Å². The van der Waals surface area contributed by atoms with Crippen molar-refractivity contribution < 1.29 is 13.2 Å². The van der Waals surface area contributed by atoms with Crippen molar-refractivity contribution in [3.8, 4) is 0 Å². The van der Waals surface area contributed by atoms with E-state index in [0.717, 1.165) is 5.56 Å². The Balaban J connectivity index is 1.69. The molecule has 3 aromatic rings. The van der Waals surface area contributed by atoms with Gasteiger partial charge in [0.1, 0.15) is 0 Å². The molecule has 0 radical (unpaired) electrons. The van der Waals surface area contributed by atoms with Crippen LogP contribution in [0, 0.1) is 0 Å². The lowest BCUT2D eigenvalue weighted by Gasteiger charge is -2.17. The van der Waals surface area contributed by atoms with Crippen LogP contribution in [0.3, 0.4) is 0 Å². The quantitative estimate of drug-likeness (QED) is 0.572. The van der Waals surface area contributed by atoms with Gasteiger partial charge in [-0.1, -0.05) is 47.5 Å². The maximum atomic E-state index is 12.7. The number of nitrogens with one attached hydrogen (secondary N) is 1. The van der Waals surface area contributed by atoms with Gasteiger partial charge in [-0.15, -0.1) is 0 Å². The molecular weight excluding hydrogens is 431 g/mol. The number of amides is 1. The van der Waals surface area contributed by atoms with Crippen LogP contribution >= 0.6 is 23.2 Å². The number of anilines is 1. The number of benzene rings is 3. The molecule has 5 nitrogen and oxygen atoms in total. The predicted molar refractivity (Wildman–Crippen MR) is 116 cm³/mol. The average Bonchev–Trinajstić information content (AvgIpc) is 2.70. The highest BCUT2D eigenvalue weighted by Gasteiger charge is 2.21. The van der Waals surface area contributed by atoms with E-state index in [-0.39, 0.29) is 17.3 Å². The van der Waals surface area contributed by atoms with Crippen LogP contribution in [0.2, 0.25) is 10.0 Å². The minimum atomic E-state index is -3.65. The van der Waals surface area contributed by atoms with Crippen LogP contribution in [0.5, 0.6) is 0 Å². The Bertz CT molecular complexity index is 1120. The molecule has 0 spiro atoms. The number of nitrogens with zero attached hydrogens (tertiary/aromatic N) is 1. The highest BCUT2D eigenvalue weighted by Crippen LogP contribution is 2.22. The topological polar surface area (TPSA) is 66.5 Å². The fourth-order valence-electron chi connectivity index (χ4n) is 2.65. The summed E-state index contributed by atoms with van der Waals surface area (Å²) in [6.45, 7) is 0.164. The van der Waals surface area contributed by atoms with Crippen LogP contribution in [-0.4, -0.2) is 25.7 Å². The van der Waals surface area contributed by atoms with E-state index >= 15 is 0 Å². The summed E-state index contributed by atoms with van der Waals surface area (Å²) in [7, 11) is -2.14. The van der Waals surface area contributed by atoms with Gasteiger partial charge in [0.2, 0.25) is 10.0 Å². The van der Waals surface area contributed by atoms with Gasteiger partial charge in [0.25, 0.3) is 5.91 Å². The van der Waals surface area contributed by atoms with E-state index in [0.29, 0.717) is 21.3 Å². The lowest BCUT2D eigenvalue weighted by Crippen LogP contribution is -2.26. The molecule has 0 unspecified atom stereocenters. The first kappa shape index (κ1) is 21.3. The van der Waals surface area contributed by atoms with Crippen LogP contribution in [0.25, 0.3) is 0 Å². The van der Waals surface area contributed by atoms with Crippen molar-refractivity contribution in [1.29, 1.82) is 0 Å². The molecule has 8 heteroatoms. The standard InChI is InChI=1S/C21H18Cl2N2O3S/c1-25(29(27,28)18-12-10-17(22)11-13-18)14-15-6-8-16(9-7-15)21(26)24-20-5-3-2-4-19(20)23/h2-13H,14H2,1H3,(H,24,26). The first-order valence-electron chi connectivity index (χ1n) is 8.64. The normalized spacial score (nSPS) is 11.4. The molecule has 0 bridgehead atoms. The van der Waals surface area contributed by atoms with Crippen molar-refractivity contribution in [1.82, 2.24) is 4.31 Å². The average molecular weight is 449 g/mol. The van der Waals surface area contributed by atoms with E-state index in [1.165, 1.54) is 35.6 Å². The molecule has 29 heavy (non-hydrogen) atoms. The Morgan fingerprint density at radius 2 is 1.55 bits per heavy atom. The van der Waals surface area contributed by atoms with Crippen LogP contribution in [-0.2, 0) is 16.6 Å². The number of halogens is 2. The van der Waals surface area contributed by atoms with E-state index in [4.69, 9.17) is 23.2 Å². The number of para-hydroxylation sites is 1. The van der Waals surface area contributed by atoms with E-state index in [1.807, 2.05) is 0 Å². The van der Waals surface area contributed by atoms with Crippen molar-refractivity contribution in [2.75, 3.05) is 12.4 Å². The van der Waals surface area contributed by atoms with Gasteiger partial charge >= 0.3 is 0 Å². The Labute approximate surface area is 179 Å². The number of hydrogen-bond donors (Lipinski definition) is 1. The molecule has 0 aliphatic carbocycles. The molecular formula is C21H18Cl2N2O3S. The highest BCUT2D eigenvalue weighted by molar-refractivity contribution is 7.89. The molecule has 3 aromatic carbocycles. The van der Waals surface area contributed by atoms with Gasteiger partial charge in [0, 0.05) is 24.2 Å². The highest BCUT2D eigenvalue weighted by atomic mass is 35.5. The summed E-state index contributed by atoms with van der Waals surface area (Å²) >= 11 is 11.9. The number of carbonyl (C=O) groups is 1. The third kappa shape index (κ3) is 5.16. The van der Waals surface area contributed by atoms with Gasteiger partial charge < -0.3 is 5.32 Å². The maximum Gasteiger partial charge on any atom is 0.255 e. The minimum absolute atomic E-state index is 0.164. The third-order valence-electron chi connectivity index (χ3n) is 4.27. The zero-order chi connectivity index (χ0) is 21.0. The van der Waals surface area contributed by atoms with Crippen molar-refractivity contribution in [3.05, 3.63) is 94.0 Å². The van der Waals surface area contributed by atoms with E-state index in [1.54, 1.807) is 48.5 Å². The van der Waals surface area contributed by atoms with Crippen LogP contribution in [0.4, 0.5) is 5.69 Å². The second kappa shape index (κ2) is 8.97. The zero-order valence-electron chi connectivity index (χ0n) is 15.5. The molecule has 1 amide bonds. The first-order valence-corrected chi connectivity index (χ1v) is 10.8. The Morgan fingerprint density at radius 1 is 0.931 bits per heavy atom. The van der Waals surface area contributed by atoms with Crippen molar-refractivity contribution in [3.63, 3.8) is 0 Å². The van der Waals surface area contributed by atoms with Crippen molar-refractivity contribution in [2.24, 2.45) is 0 Å². The van der Waals surface area contributed by atoms with E-state index < -0.39 is 10.0 Å². The third-order valence-corrected chi connectivity index (χ3v) is 6.66. The first-order chi connectivity index (χ1) is 13.8. The monoisotopic (exact) mass is 448 g/mol. The van der Waals surface area contributed by atoms with Crippen LogP contribution in [0.15, 0.2) is 77.7 Å². The molecule has 0 fully saturated rings. The second-order valence-corrected chi connectivity index (χ2v) is 9.23. The molecule has 0 aliphatic heterocycles. The molecule has 0 atom stereocenters. The zero-order valence-corrected chi connectivity index (χ0v) is 17.8. The molecule has 0 saturated carbocycles. The molecule has 1 N–H and O–H groups in total. The summed E-state index contributed by atoms with van der Waals surface area (Å²) in [5.74, 6) is -0.299. The number of hydrogen-bond acceptors (Lipinski definition) is 3. The molecule has 0 aromatic heterocycles. The molecule has 150 valence electrons. The van der Waals surface area contributed by atoms with Crippen LogP contribution < -0.4 is 5.32 Å². The molecule has 0 saturated heterocycles. The molecule has 0 aliphatic rings. The molecule has 0 heterocycles. The lowest BCUT2D eigenvalue weighted by molar-refractivity contribution is 0.102. The fourth-order valence-corrected chi connectivity index (χ4v) is 4.12. The smallest absolute Gasteiger partial charge is 0.255 e. The maximum absolute atomic E-state index is 12.7. The van der Waals surface area contributed by atoms with Crippen molar-refractivity contribution in [2.45, 2.75) is 11.4 Å². The summed E-state index contributed by atoms with van der Waals surface area (Å²) in [6, 6.07) is 19.7. The fraction of sp³-hybridized carbons (Fsp3) is 0.0952. The largest absolute Gasteiger partial charge is 0.321 e. The molecule has 3 rings (SSSR count). The summed E-state index contributed by atoms with van der Waals surface area (Å²) < 4.78 is 26.6. The van der Waals surface area contributed by atoms with Crippen LogP contribution in [0.1, 0.15) is 15.9 Å². The summed E-state index contributed by atoms with van der Waals surface area (Å²) in [5, 5.41) is 3.67. The van der Waals surface area contributed by atoms with E-state index in [2.05, 4.69) is 5.32 Å². The van der Waals surface area contributed by atoms with Gasteiger partial charge in [0.05, 0.1) is 15.6 Å². The van der Waals surface area contributed by atoms with Gasteiger partial charge in [-0.2, -0.15) is 4.31 Å². The summed E-state index contributed by atoms with van der Waals surface area (Å²) in [4.78, 5) is 12.6. The Morgan fingerprint density at radius 3 is 2.17 bits per heavy atom. The van der Waals surface area contributed by atoms with E-state index in [9.17, 15) is 13.2 Å². The number of carbonyl (C=O) groups excluding carboxylic acids is 1. The lowest BCUT2D eigenvalue weighted by atomic mass is 10.1. The van der Waals surface area contributed by atoms with Gasteiger partial charge in [0.15, 0.2) is 0 Å². The SMILES string of the molecule is CN(Cc1ccc(C(=O)Nc2ccccc2Cl)cc1)S(=O)(=O)c1ccc(Cl)cc1. The predicted octanol–water partition coefficient (Wildman–Crippen LogP) is 5.07. The second-order valence-electron chi connectivity index (χ2n) is 6.35. The Kier molecular flexibility index (Phi) is 6.59. The number of sulfonamides is 1. The number of rotatable bonds is 6. The minimum Gasteiger partial charge on any atom is -0.321 e. The summed E-state index contributed by atoms with van der Waals surface area (Å²) in [5.41, 5.74) is 1.72. The Hall–Kier alpha value is -2.38. The van der Waals surface area contributed by atoms with Gasteiger partial charge in [-0.25, -0.2) is 8.42 Å².